The van der Waals surface area contributed by atoms with Gasteiger partial charge in [-0.2, -0.15) is 10.2 Å². The maximum Gasteiger partial charge on any atom is 0.199 e. The molecule has 0 aromatic carbocycles. The second-order valence-corrected chi connectivity index (χ2v) is 5.03. The Balaban J connectivity index is 2.47. The second-order valence-electron chi connectivity index (χ2n) is 5.03. The van der Waals surface area contributed by atoms with Gasteiger partial charge in [0.15, 0.2) is 5.82 Å². The van der Waals surface area contributed by atoms with Crippen molar-refractivity contribution in [3.05, 3.63) is 17.6 Å². The Bertz CT molecular complexity index is 501. The third-order valence-corrected chi connectivity index (χ3v) is 2.47. The highest BCUT2D eigenvalue weighted by Crippen LogP contribution is 2.24. The van der Waals surface area contributed by atoms with E-state index in [1.165, 1.54) is 0 Å². The molecule has 0 aliphatic carbocycles. The molecule has 0 spiro atoms. The van der Waals surface area contributed by atoms with Crippen molar-refractivity contribution in [2.24, 2.45) is 7.05 Å². The lowest BCUT2D eigenvalue weighted by Crippen LogP contribution is -2.12. The van der Waals surface area contributed by atoms with Gasteiger partial charge in [0.2, 0.25) is 0 Å². The Morgan fingerprint density at radius 1 is 1.31 bits per heavy atom. The van der Waals surface area contributed by atoms with Gasteiger partial charge in [0.25, 0.3) is 0 Å². The summed E-state index contributed by atoms with van der Waals surface area (Å²) in [6.45, 7) is 8.31. The van der Waals surface area contributed by atoms with Crippen molar-refractivity contribution in [1.82, 2.24) is 25.0 Å². The highest BCUT2D eigenvalue weighted by atomic mass is 15.3. The number of nitrogens with zero attached hydrogens (tertiary/aromatic N) is 4. The minimum Gasteiger partial charge on any atom is -0.264 e. The van der Waals surface area contributed by atoms with Gasteiger partial charge < -0.3 is 0 Å². The number of H-pyrrole nitrogens is 1. The Morgan fingerprint density at radius 2 is 2.00 bits per heavy atom. The summed E-state index contributed by atoms with van der Waals surface area (Å²) in [6.07, 6.45) is 0. The zero-order chi connectivity index (χ0) is 11.9. The highest BCUT2D eigenvalue weighted by molar-refractivity contribution is 5.50. The monoisotopic (exact) mass is 219 g/mol. The van der Waals surface area contributed by atoms with E-state index in [1.807, 2.05) is 24.7 Å². The molecule has 1 N–H and O–H groups in total. The molecule has 0 radical (unpaired) electrons. The molecule has 2 rings (SSSR count). The number of rotatable bonds is 1. The van der Waals surface area contributed by atoms with E-state index in [4.69, 9.17) is 0 Å². The fourth-order valence-electron chi connectivity index (χ4n) is 1.50. The molecule has 0 amide bonds. The number of hydrogen-bond acceptors (Lipinski definition) is 3. The third-order valence-electron chi connectivity index (χ3n) is 2.47. The fraction of sp³-hybridized carbons (Fsp3) is 0.545. The van der Waals surface area contributed by atoms with Gasteiger partial charge in [0.05, 0.1) is 5.69 Å². The van der Waals surface area contributed by atoms with E-state index >= 15 is 0 Å². The summed E-state index contributed by atoms with van der Waals surface area (Å²) in [4.78, 5) is 4.31. The Morgan fingerprint density at radius 3 is 2.44 bits per heavy atom. The molecule has 0 aliphatic heterocycles. The molecule has 0 aliphatic rings. The normalized spacial score (nSPS) is 12.1. The topological polar surface area (TPSA) is 59.4 Å². The molecule has 0 saturated carbocycles. The van der Waals surface area contributed by atoms with Crippen molar-refractivity contribution in [3.63, 3.8) is 0 Å². The lowest BCUT2D eigenvalue weighted by Gasteiger charge is -2.13. The van der Waals surface area contributed by atoms with Gasteiger partial charge in [-0.15, -0.1) is 0 Å². The third kappa shape index (κ3) is 1.85. The summed E-state index contributed by atoms with van der Waals surface area (Å²) in [6, 6.07) is 2.04. The van der Waals surface area contributed by atoms with Crippen molar-refractivity contribution in [2.45, 2.75) is 33.1 Å². The summed E-state index contributed by atoms with van der Waals surface area (Å²) in [5.74, 6) is 1.51. The molecule has 5 heteroatoms. The minimum atomic E-state index is 0.0430. The van der Waals surface area contributed by atoms with Crippen LogP contribution < -0.4 is 0 Å². The van der Waals surface area contributed by atoms with E-state index in [1.54, 1.807) is 0 Å². The maximum absolute atomic E-state index is 4.49. The summed E-state index contributed by atoms with van der Waals surface area (Å²) in [5.41, 5.74) is 2.03. The van der Waals surface area contributed by atoms with Crippen molar-refractivity contribution < 1.29 is 0 Å². The van der Waals surface area contributed by atoms with Crippen LogP contribution in [0.4, 0.5) is 0 Å². The molecule has 2 aromatic rings. The lowest BCUT2D eigenvalue weighted by molar-refractivity contribution is 0.553. The molecule has 0 saturated heterocycles. The summed E-state index contributed by atoms with van der Waals surface area (Å²) >= 11 is 0. The Hall–Kier alpha value is -1.65. The summed E-state index contributed by atoms with van der Waals surface area (Å²) in [5, 5.41) is 11.5. The van der Waals surface area contributed by atoms with Crippen LogP contribution >= 0.6 is 0 Å². The van der Waals surface area contributed by atoms with Gasteiger partial charge >= 0.3 is 0 Å². The molecule has 0 fully saturated rings. The van der Waals surface area contributed by atoms with Gasteiger partial charge in [0, 0.05) is 12.5 Å². The molecule has 0 atom stereocenters. The van der Waals surface area contributed by atoms with E-state index in [9.17, 15) is 0 Å². The SMILES string of the molecule is Cc1nc(-c2cc(C(C)(C)C)nn2C)n[nH]1. The average Bonchev–Trinajstić information content (AvgIpc) is 2.70. The van der Waals surface area contributed by atoms with Gasteiger partial charge in [0.1, 0.15) is 11.5 Å². The van der Waals surface area contributed by atoms with Crippen molar-refractivity contribution >= 4 is 0 Å². The molecular formula is C11H17N5. The molecule has 2 heterocycles. The van der Waals surface area contributed by atoms with Crippen LogP contribution in [0.1, 0.15) is 32.3 Å². The van der Waals surface area contributed by atoms with E-state index in [2.05, 4.69) is 41.1 Å². The van der Waals surface area contributed by atoms with E-state index in [0.29, 0.717) is 5.82 Å². The molecule has 5 nitrogen and oxygen atoms in total. The number of nitrogens with one attached hydrogen (secondary N) is 1. The van der Waals surface area contributed by atoms with Gasteiger partial charge in [-0.3, -0.25) is 9.78 Å². The van der Waals surface area contributed by atoms with Crippen LogP contribution in [0, 0.1) is 6.92 Å². The largest absolute Gasteiger partial charge is 0.264 e. The summed E-state index contributed by atoms with van der Waals surface area (Å²) < 4.78 is 1.82. The second kappa shape index (κ2) is 3.43. The Kier molecular flexibility index (Phi) is 2.33. The molecular weight excluding hydrogens is 202 g/mol. The van der Waals surface area contributed by atoms with Crippen molar-refractivity contribution in [2.75, 3.05) is 0 Å². The molecule has 16 heavy (non-hydrogen) atoms. The van der Waals surface area contributed by atoms with Gasteiger partial charge in [-0.05, 0) is 13.0 Å². The molecule has 86 valence electrons. The average molecular weight is 219 g/mol. The van der Waals surface area contributed by atoms with Crippen LogP contribution in [0.5, 0.6) is 0 Å². The van der Waals surface area contributed by atoms with Crippen LogP contribution in [-0.2, 0) is 12.5 Å². The Labute approximate surface area is 94.9 Å². The molecule has 2 aromatic heterocycles. The molecule has 0 bridgehead atoms. The van der Waals surface area contributed by atoms with Crippen LogP contribution in [0.25, 0.3) is 11.5 Å². The van der Waals surface area contributed by atoms with Crippen molar-refractivity contribution in [1.29, 1.82) is 0 Å². The quantitative estimate of drug-likeness (QED) is 0.795. The van der Waals surface area contributed by atoms with Crippen LogP contribution in [0.3, 0.4) is 0 Å². The van der Waals surface area contributed by atoms with Crippen LogP contribution in [0.15, 0.2) is 6.07 Å². The van der Waals surface area contributed by atoms with Gasteiger partial charge in [-0.25, -0.2) is 4.98 Å². The van der Waals surface area contributed by atoms with E-state index in [-0.39, 0.29) is 5.41 Å². The first-order valence-electron chi connectivity index (χ1n) is 5.32. The number of aryl methyl sites for hydroxylation is 2. The highest BCUT2D eigenvalue weighted by Gasteiger charge is 2.20. The first kappa shape index (κ1) is 10.9. The predicted molar refractivity (Wildman–Crippen MR) is 62.0 cm³/mol. The zero-order valence-corrected chi connectivity index (χ0v) is 10.4. The molecule has 0 unspecified atom stereocenters. The number of aromatic amines is 1. The predicted octanol–water partition coefficient (Wildman–Crippen LogP) is 1.81. The smallest absolute Gasteiger partial charge is 0.199 e. The van der Waals surface area contributed by atoms with E-state index < -0.39 is 0 Å². The minimum absolute atomic E-state index is 0.0430. The summed E-state index contributed by atoms with van der Waals surface area (Å²) in [7, 11) is 1.91. The number of hydrogen-bond donors (Lipinski definition) is 1. The first-order valence-corrected chi connectivity index (χ1v) is 5.32. The zero-order valence-electron chi connectivity index (χ0n) is 10.4. The maximum atomic E-state index is 4.49. The fourth-order valence-corrected chi connectivity index (χ4v) is 1.50. The standard InChI is InChI=1S/C11H17N5/c1-7-12-10(14-13-7)8-6-9(11(2,3)4)15-16(8)5/h6H,1-5H3,(H,12,13,14). The lowest BCUT2D eigenvalue weighted by atomic mass is 9.92. The first-order chi connectivity index (χ1) is 7.38. The number of aromatic nitrogens is 5. The van der Waals surface area contributed by atoms with Crippen LogP contribution in [-0.4, -0.2) is 25.0 Å². The van der Waals surface area contributed by atoms with E-state index in [0.717, 1.165) is 17.2 Å². The van der Waals surface area contributed by atoms with Gasteiger partial charge in [-0.1, -0.05) is 20.8 Å². The van der Waals surface area contributed by atoms with Crippen molar-refractivity contribution in [3.8, 4) is 11.5 Å². The van der Waals surface area contributed by atoms with Crippen LogP contribution in [0.2, 0.25) is 0 Å².